The van der Waals surface area contributed by atoms with Gasteiger partial charge in [-0.05, 0) is 12.1 Å². The van der Waals surface area contributed by atoms with Gasteiger partial charge in [0.05, 0.1) is 9.21 Å². The van der Waals surface area contributed by atoms with Crippen LogP contribution < -0.4 is 5.73 Å². The number of thiophene rings is 1. The Morgan fingerprint density at radius 3 is 2.60 bits per heavy atom. The summed E-state index contributed by atoms with van der Waals surface area (Å²) in [7, 11) is 0. The van der Waals surface area contributed by atoms with Crippen LogP contribution in [0.2, 0.25) is 0 Å². The fourth-order valence-corrected chi connectivity index (χ4v) is 2.80. The summed E-state index contributed by atoms with van der Waals surface area (Å²) in [6.45, 7) is 4.36. The summed E-state index contributed by atoms with van der Waals surface area (Å²) in [5.74, 6) is 0. The summed E-state index contributed by atoms with van der Waals surface area (Å²) >= 11 is 3.51. The molecule has 1 rings (SSSR count). The molecule has 0 bridgehead atoms. The maximum Gasteiger partial charge on any atom is 0.0868 e. The molecule has 0 saturated heterocycles. The standard InChI is InChI=1S/C7H11NS2/c1-5(2)9-7-4-3-6(8)10-7/h3-5H,8H2,1-2H3. The van der Waals surface area contributed by atoms with Gasteiger partial charge in [0.15, 0.2) is 0 Å². The molecule has 1 heterocycles. The van der Waals surface area contributed by atoms with Gasteiger partial charge in [0.2, 0.25) is 0 Å². The summed E-state index contributed by atoms with van der Waals surface area (Å²) in [6.07, 6.45) is 0. The third kappa shape index (κ3) is 2.23. The van der Waals surface area contributed by atoms with Crippen molar-refractivity contribution in [2.24, 2.45) is 0 Å². The van der Waals surface area contributed by atoms with Crippen LogP contribution in [0.4, 0.5) is 5.00 Å². The number of nitrogens with two attached hydrogens (primary N) is 1. The number of thioether (sulfide) groups is 1. The molecule has 2 N–H and O–H groups in total. The minimum Gasteiger partial charge on any atom is -0.391 e. The summed E-state index contributed by atoms with van der Waals surface area (Å²) in [4.78, 5) is 0. The van der Waals surface area contributed by atoms with Gasteiger partial charge >= 0.3 is 0 Å². The van der Waals surface area contributed by atoms with E-state index in [0.717, 1.165) is 5.00 Å². The predicted molar refractivity (Wildman–Crippen MR) is 49.7 cm³/mol. The molecule has 0 atom stereocenters. The van der Waals surface area contributed by atoms with Gasteiger partial charge in [-0.2, -0.15) is 0 Å². The zero-order valence-corrected chi connectivity index (χ0v) is 7.76. The van der Waals surface area contributed by atoms with Gasteiger partial charge in [0.25, 0.3) is 0 Å². The van der Waals surface area contributed by atoms with Crippen molar-refractivity contribution in [3.05, 3.63) is 12.1 Å². The average molecular weight is 173 g/mol. The first-order valence-corrected chi connectivity index (χ1v) is 4.90. The lowest BCUT2D eigenvalue weighted by Crippen LogP contribution is -1.82. The monoisotopic (exact) mass is 173 g/mol. The molecule has 1 aromatic heterocycles. The zero-order chi connectivity index (χ0) is 7.56. The van der Waals surface area contributed by atoms with Crippen molar-refractivity contribution in [1.29, 1.82) is 0 Å². The maximum atomic E-state index is 5.56. The Morgan fingerprint density at radius 2 is 2.20 bits per heavy atom. The first-order valence-electron chi connectivity index (χ1n) is 3.20. The minimum absolute atomic E-state index is 0.651. The van der Waals surface area contributed by atoms with Crippen LogP contribution in [0.3, 0.4) is 0 Å². The first-order chi connectivity index (χ1) is 4.68. The van der Waals surface area contributed by atoms with Crippen molar-refractivity contribution in [2.45, 2.75) is 23.3 Å². The van der Waals surface area contributed by atoms with Crippen LogP contribution in [0.5, 0.6) is 0 Å². The highest BCUT2D eigenvalue weighted by Crippen LogP contribution is 2.31. The van der Waals surface area contributed by atoms with Crippen molar-refractivity contribution in [3.63, 3.8) is 0 Å². The van der Waals surface area contributed by atoms with Crippen LogP contribution in [0.15, 0.2) is 16.3 Å². The summed E-state index contributed by atoms with van der Waals surface area (Å²) in [6, 6.07) is 4.03. The Kier molecular flexibility index (Phi) is 2.63. The van der Waals surface area contributed by atoms with E-state index < -0.39 is 0 Å². The average Bonchev–Trinajstić information content (AvgIpc) is 2.13. The van der Waals surface area contributed by atoms with Gasteiger partial charge in [-0.3, -0.25) is 0 Å². The molecular formula is C7H11NS2. The number of hydrogen-bond acceptors (Lipinski definition) is 3. The van der Waals surface area contributed by atoms with E-state index in [-0.39, 0.29) is 0 Å². The Bertz CT molecular complexity index is 205. The molecule has 0 aromatic carbocycles. The van der Waals surface area contributed by atoms with Gasteiger partial charge in [0.1, 0.15) is 0 Å². The third-order valence-electron chi connectivity index (χ3n) is 0.954. The predicted octanol–water partition coefficient (Wildman–Crippen LogP) is 2.83. The van der Waals surface area contributed by atoms with Crippen molar-refractivity contribution < 1.29 is 0 Å². The van der Waals surface area contributed by atoms with Crippen LogP contribution in [0.1, 0.15) is 13.8 Å². The lowest BCUT2D eigenvalue weighted by molar-refractivity contribution is 1.11. The van der Waals surface area contributed by atoms with Gasteiger partial charge in [-0.25, -0.2) is 0 Å². The maximum absolute atomic E-state index is 5.56. The highest BCUT2D eigenvalue weighted by molar-refractivity contribution is 8.01. The fourth-order valence-electron chi connectivity index (χ4n) is 0.630. The molecule has 1 nitrogen and oxygen atoms in total. The number of anilines is 1. The van der Waals surface area contributed by atoms with E-state index in [2.05, 4.69) is 19.9 Å². The highest BCUT2D eigenvalue weighted by Gasteiger charge is 1.99. The number of hydrogen-bond donors (Lipinski definition) is 1. The SMILES string of the molecule is CC(C)Sc1ccc(N)s1. The molecule has 0 aliphatic heterocycles. The lowest BCUT2D eigenvalue weighted by atomic mass is 10.6. The quantitative estimate of drug-likeness (QED) is 0.696. The van der Waals surface area contributed by atoms with Gasteiger partial charge in [-0.15, -0.1) is 23.1 Å². The summed E-state index contributed by atoms with van der Waals surface area (Å²) in [5.41, 5.74) is 5.56. The summed E-state index contributed by atoms with van der Waals surface area (Å²) in [5, 5.41) is 1.56. The molecule has 0 aliphatic rings. The van der Waals surface area contributed by atoms with E-state index in [0.29, 0.717) is 5.25 Å². The Balaban J connectivity index is 2.58. The van der Waals surface area contributed by atoms with Crippen LogP contribution in [0.25, 0.3) is 0 Å². The lowest BCUT2D eigenvalue weighted by Gasteiger charge is -1.98. The van der Waals surface area contributed by atoms with Crippen LogP contribution in [-0.4, -0.2) is 5.25 Å². The van der Waals surface area contributed by atoms with Gasteiger partial charge < -0.3 is 5.73 Å². The van der Waals surface area contributed by atoms with Crippen molar-refractivity contribution in [3.8, 4) is 0 Å². The molecule has 0 amide bonds. The third-order valence-corrected chi connectivity index (χ3v) is 3.04. The Labute approximate surface area is 69.6 Å². The van der Waals surface area contributed by atoms with E-state index in [4.69, 9.17) is 5.73 Å². The topological polar surface area (TPSA) is 26.0 Å². The summed E-state index contributed by atoms with van der Waals surface area (Å²) < 4.78 is 1.31. The molecule has 56 valence electrons. The van der Waals surface area contributed by atoms with E-state index in [1.807, 2.05) is 17.8 Å². The van der Waals surface area contributed by atoms with E-state index in [1.54, 1.807) is 11.3 Å². The molecule has 0 fully saturated rings. The van der Waals surface area contributed by atoms with Gasteiger partial charge in [-0.1, -0.05) is 13.8 Å². The van der Waals surface area contributed by atoms with Crippen LogP contribution in [0, 0.1) is 0 Å². The molecular weight excluding hydrogens is 162 g/mol. The van der Waals surface area contributed by atoms with E-state index >= 15 is 0 Å². The molecule has 0 spiro atoms. The minimum atomic E-state index is 0.651. The second kappa shape index (κ2) is 3.30. The largest absolute Gasteiger partial charge is 0.391 e. The molecule has 10 heavy (non-hydrogen) atoms. The highest BCUT2D eigenvalue weighted by atomic mass is 32.2. The van der Waals surface area contributed by atoms with Crippen molar-refractivity contribution in [1.82, 2.24) is 0 Å². The van der Waals surface area contributed by atoms with Crippen LogP contribution >= 0.6 is 23.1 Å². The smallest absolute Gasteiger partial charge is 0.0868 e. The van der Waals surface area contributed by atoms with Crippen molar-refractivity contribution in [2.75, 3.05) is 5.73 Å². The van der Waals surface area contributed by atoms with Gasteiger partial charge in [0, 0.05) is 5.25 Å². The Morgan fingerprint density at radius 1 is 1.50 bits per heavy atom. The second-order valence-corrected chi connectivity index (χ2v) is 5.32. The molecule has 3 heteroatoms. The molecule has 0 radical (unpaired) electrons. The van der Waals surface area contributed by atoms with E-state index in [9.17, 15) is 0 Å². The first kappa shape index (κ1) is 7.95. The van der Waals surface area contributed by atoms with Crippen LogP contribution in [-0.2, 0) is 0 Å². The Hall–Kier alpha value is -0.150. The molecule has 0 saturated carbocycles. The fraction of sp³-hybridized carbons (Fsp3) is 0.429. The molecule has 1 aromatic rings. The number of rotatable bonds is 2. The second-order valence-electron chi connectivity index (χ2n) is 2.32. The van der Waals surface area contributed by atoms with E-state index in [1.165, 1.54) is 4.21 Å². The number of nitrogen functional groups attached to an aromatic ring is 1. The molecule has 0 aliphatic carbocycles. The normalized spacial score (nSPS) is 10.7. The molecule has 0 unspecified atom stereocenters. The zero-order valence-electron chi connectivity index (χ0n) is 6.13. The van der Waals surface area contributed by atoms with Crippen molar-refractivity contribution >= 4 is 28.1 Å².